The highest BCUT2D eigenvalue weighted by atomic mass is 31.2. The van der Waals surface area contributed by atoms with Crippen molar-refractivity contribution in [2.24, 2.45) is 7.05 Å². The lowest BCUT2D eigenvalue weighted by molar-refractivity contribution is -0.401. The predicted octanol–water partition coefficient (Wildman–Crippen LogP) is 5.01. The molecule has 1 aliphatic heterocycles. The standard InChI is InChI=1S/C29H29N2O.H3O4P/c1-29(2)24-19-21(32-5)15-17-26(24)30(3)27(29)18-16-23-22-13-9-10-14-25(22)31(4)28(23)20-11-7-6-8-12-20;1-5(2,3)4/h6-19H,1-5H3;(H3,1,2,3,4)/q+1;/p-1. The lowest BCUT2D eigenvalue weighted by atomic mass is 9.81. The van der Waals surface area contributed by atoms with E-state index in [-0.39, 0.29) is 5.41 Å². The van der Waals surface area contributed by atoms with Gasteiger partial charge in [-0.1, -0.05) is 48.5 Å². The molecule has 2 N–H and O–H groups in total. The molecule has 0 radical (unpaired) electrons. The second-order valence-electron chi connectivity index (χ2n) is 9.48. The number of rotatable bonds is 4. The molecule has 2 heterocycles. The van der Waals surface area contributed by atoms with Crippen molar-refractivity contribution in [3.63, 3.8) is 0 Å². The second kappa shape index (κ2) is 10.1. The van der Waals surface area contributed by atoms with Gasteiger partial charge in [0.1, 0.15) is 12.8 Å². The number of hydrogen-bond donors (Lipinski definition) is 2. The van der Waals surface area contributed by atoms with Crippen LogP contribution in [0.2, 0.25) is 0 Å². The molecule has 0 amide bonds. The molecule has 1 aliphatic rings. The zero-order chi connectivity index (χ0) is 27.0. The molecule has 0 atom stereocenters. The van der Waals surface area contributed by atoms with E-state index in [0.717, 1.165) is 5.75 Å². The molecule has 37 heavy (non-hydrogen) atoms. The quantitative estimate of drug-likeness (QED) is 0.292. The third-order valence-electron chi connectivity index (χ3n) is 6.84. The Morgan fingerprint density at radius 2 is 1.62 bits per heavy atom. The number of aromatic nitrogens is 1. The Bertz CT molecular complexity index is 1550. The van der Waals surface area contributed by atoms with Gasteiger partial charge in [0.05, 0.1) is 18.2 Å². The zero-order valence-electron chi connectivity index (χ0n) is 21.5. The third kappa shape index (κ3) is 5.31. The Morgan fingerprint density at radius 1 is 1.00 bits per heavy atom. The maximum absolute atomic E-state index is 8.77. The first-order valence-corrected chi connectivity index (χ1v) is 13.3. The lowest BCUT2D eigenvalue weighted by Crippen LogP contribution is -2.26. The van der Waals surface area contributed by atoms with Gasteiger partial charge in [-0.2, -0.15) is 4.58 Å². The van der Waals surface area contributed by atoms with Gasteiger partial charge in [0.15, 0.2) is 5.71 Å². The molecule has 192 valence electrons. The number of para-hydroxylation sites is 1. The van der Waals surface area contributed by atoms with Crippen LogP contribution in [0.25, 0.3) is 28.2 Å². The van der Waals surface area contributed by atoms with Crippen molar-refractivity contribution >= 4 is 36.2 Å². The van der Waals surface area contributed by atoms with E-state index in [4.69, 9.17) is 24.0 Å². The lowest BCUT2D eigenvalue weighted by Gasteiger charge is -2.16. The Kier molecular flexibility index (Phi) is 7.27. The highest BCUT2D eigenvalue weighted by Crippen LogP contribution is 2.42. The van der Waals surface area contributed by atoms with Gasteiger partial charge >= 0.3 is 0 Å². The number of benzene rings is 3. The average molecular weight is 519 g/mol. The van der Waals surface area contributed by atoms with E-state index in [1.54, 1.807) is 7.11 Å². The Balaban J connectivity index is 0.000000586. The van der Waals surface area contributed by atoms with Crippen LogP contribution >= 0.6 is 7.82 Å². The molecule has 3 aromatic carbocycles. The molecule has 0 bridgehead atoms. The zero-order valence-corrected chi connectivity index (χ0v) is 22.4. The van der Waals surface area contributed by atoms with Crippen LogP contribution < -0.4 is 9.63 Å². The van der Waals surface area contributed by atoms with Crippen molar-refractivity contribution in [2.75, 3.05) is 14.2 Å². The topological polar surface area (TPSA) is 97.8 Å². The minimum Gasteiger partial charge on any atom is -0.756 e. The highest BCUT2D eigenvalue weighted by molar-refractivity contribution is 7.43. The first-order chi connectivity index (χ1) is 17.4. The molecular weight excluding hydrogens is 487 g/mol. The van der Waals surface area contributed by atoms with Crippen LogP contribution in [0.15, 0.2) is 78.9 Å². The summed E-state index contributed by atoms with van der Waals surface area (Å²) in [7, 11) is 1.15. The van der Waals surface area contributed by atoms with E-state index in [9.17, 15) is 0 Å². The summed E-state index contributed by atoms with van der Waals surface area (Å²) in [6.45, 7) is 4.57. The maximum Gasteiger partial charge on any atom is 0.262 e. The van der Waals surface area contributed by atoms with Gasteiger partial charge in [0, 0.05) is 41.2 Å². The van der Waals surface area contributed by atoms with Crippen LogP contribution in [0.1, 0.15) is 25.0 Å². The van der Waals surface area contributed by atoms with Crippen LogP contribution in [0, 0.1) is 0 Å². The summed E-state index contributed by atoms with van der Waals surface area (Å²) in [6, 6.07) is 25.7. The van der Waals surface area contributed by atoms with E-state index in [1.165, 1.54) is 44.7 Å². The molecule has 0 saturated heterocycles. The van der Waals surface area contributed by atoms with Gasteiger partial charge in [0.2, 0.25) is 5.69 Å². The smallest absolute Gasteiger partial charge is 0.262 e. The summed E-state index contributed by atoms with van der Waals surface area (Å²) in [5, 5.41) is 1.27. The van der Waals surface area contributed by atoms with Gasteiger partial charge < -0.3 is 24.0 Å². The maximum atomic E-state index is 8.77. The molecule has 5 rings (SSSR count). The van der Waals surface area contributed by atoms with Crippen molar-refractivity contribution in [3.05, 3.63) is 90.0 Å². The number of ether oxygens (including phenoxy) is 1. The van der Waals surface area contributed by atoms with E-state index in [2.05, 4.69) is 116 Å². The number of methoxy groups -OCH3 is 1. The summed E-state index contributed by atoms with van der Waals surface area (Å²) >= 11 is 0. The Hall–Kier alpha value is -3.48. The summed E-state index contributed by atoms with van der Waals surface area (Å²) in [4.78, 5) is 22.9. The summed E-state index contributed by atoms with van der Waals surface area (Å²) in [5.74, 6) is 0.899. The fourth-order valence-electron chi connectivity index (χ4n) is 5.14. The fraction of sp³-hybridized carbons (Fsp3) is 0.207. The molecule has 7 nitrogen and oxygen atoms in total. The minimum atomic E-state index is -4.89. The van der Waals surface area contributed by atoms with Gasteiger partial charge in [-0.05, 0) is 43.7 Å². The van der Waals surface area contributed by atoms with Crippen LogP contribution in [0.5, 0.6) is 5.75 Å². The predicted molar refractivity (Wildman–Crippen MR) is 146 cm³/mol. The summed E-state index contributed by atoms with van der Waals surface area (Å²) in [6.07, 6.45) is 4.59. The first kappa shape index (κ1) is 26.6. The molecule has 8 heteroatoms. The molecule has 0 spiro atoms. The minimum absolute atomic E-state index is 0.118. The van der Waals surface area contributed by atoms with Gasteiger partial charge in [-0.25, -0.2) is 0 Å². The Labute approximate surface area is 216 Å². The van der Waals surface area contributed by atoms with Crippen molar-refractivity contribution in [3.8, 4) is 17.0 Å². The number of allylic oxidation sites excluding steroid dienone is 1. The molecule has 0 fully saturated rings. The molecular formula is C29H31N2O5P. The van der Waals surface area contributed by atoms with Crippen LogP contribution in [0.4, 0.5) is 5.69 Å². The molecule has 1 aromatic heterocycles. The highest BCUT2D eigenvalue weighted by Gasteiger charge is 2.43. The van der Waals surface area contributed by atoms with Crippen LogP contribution in [-0.4, -0.2) is 38.8 Å². The Morgan fingerprint density at radius 3 is 2.27 bits per heavy atom. The van der Waals surface area contributed by atoms with Crippen LogP contribution in [-0.2, 0) is 17.0 Å². The molecule has 4 aromatic rings. The number of nitrogens with zero attached hydrogens (tertiary/aromatic N) is 2. The monoisotopic (exact) mass is 518 g/mol. The second-order valence-corrected chi connectivity index (χ2v) is 10.5. The number of aryl methyl sites for hydroxylation is 1. The molecule has 0 aliphatic carbocycles. The van der Waals surface area contributed by atoms with Gasteiger partial charge in [-0.3, -0.25) is 4.57 Å². The van der Waals surface area contributed by atoms with E-state index >= 15 is 0 Å². The van der Waals surface area contributed by atoms with Crippen molar-refractivity contribution in [1.29, 1.82) is 0 Å². The molecule has 0 saturated carbocycles. The van der Waals surface area contributed by atoms with Gasteiger partial charge in [-0.15, -0.1) is 0 Å². The van der Waals surface area contributed by atoms with E-state index < -0.39 is 7.82 Å². The van der Waals surface area contributed by atoms with E-state index in [0.29, 0.717) is 0 Å². The van der Waals surface area contributed by atoms with Crippen molar-refractivity contribution in [2.45, 2.75) is 19.3 Å². The van der Waals surface area contributed by atoms with Crippen molar-refractivity contribution in [1.82, 2.24) is 4.57 Å². The van der Waals surface area contributed by atoms with Crippen LogP contribution in [0.3, 0.4) is 0 Å². The average Bonchev–Trinajstić information content (AvgIpc) is 3.24. The van der Waals surface area contributed by atoms with E-state index in [1.807, 2.05) is 6.07 Å². The summed E-state index contributed by atoms with van der Waals surface area (Å²) in [5.41, 5.74) is 8.63. The third-order valence-corrected chi connectivity index (χ3v) is 6.84. The number of fused-ring (bicyclic) bond motifs is 2. The normalized spacial score (nSPS) is 14.6. The molecule has 0 unspecified atom stereocenters. The SMILES string of the molecule is COc1ccc2c(c1)C(C)(C)C(/C=C/c1c(-c3ccccc3)n(C)c3ccccc13)=[N+]2C.O=P([O-])(O)O. The number of hydrogen-bond acceptors (Lipinski definition) is 3. The van der Waals surface area contributed by atoms with Gasteiger partial charge in [0.25, 0.3) is 7.82 Å². The van der Waals surface area contributed by atoms with Crippen molar-refractivity contribution < 1.29 is 28.6 Å². The summed E-state index contributed by atoms with van der Waals surface area (Å²) < 4.78 is 18.9. The fourth-order valence-corrected chi connectivity index (χ4v) is 5.14. The first-order valence-electron chi connectivity index (χ1n) is 11.8. The number of phosphoric acid groups is 1. The largest absolute Gasteiger partial charge is 0.756 e.